The second-order valence-electron chi connectivity index (χ2n) is 7.05. The van der Waals surface area contributed by atoms with Crippen LogP contribution in [0.2, 0.25) is 0 Å². The Labute approximate surface area is 154 Å². The highest BCUT2D eigenvalue weighted by molar-refractivity contribution is 5.68. The van der Waals surface area contributed by atoms with Gasteiger partial charge in [0, 0.05) is 6.20 Å². The summed E-state index contributed by atoms with van der Waals surface area (Å²) in [7, 11) is 0. The first-order valence-electron chi connectivity index (χ1n) is 7.93. The molecule has 0 bridgehead atoms. The number of amides is 1. The number of aromatic nitrogens is 1. The van der Waals surface area contributed by atoms with E-state index < -0.39 is 5.60 Å². The van der Waals surface area contributed by atoms with Gasteiger partial charge < -0.3 is 26.2 Å². The van der Waals surface area contributed by atoms with Gasteiger partial charge in [-0.25, -0.2) is 4.79 Å². The Morgan fingerprint density at radius 1 is 1.38 bits per heavy atom. The molecule has 132 valence electrons. The van der Waals surface area contributed by atoms with E-state index in [-0.39, 0.29) is 23.1 Å². The van der Waals surface area contributed by atoms with E-state index in [0.717, 1.165) is 25.3 Å². The summed E-state index contributed by atoms with van der Waals surface area (Å²) in [5.74, 6) is 0. The van der Waals surface area contributed by atoms with E-state index in [4.69, 9.17) is 4.74 Å². The zero-order valence-electron chi connectivity index (χ0n) is 14.5. The molecule has 2 heterocycles. The van der Waals surface area contributed by atoms with Gasteiger partial charge in [-0.3, -0.25) is 9.88 Å². The standard InChI is InChI=1S/C17H25N4O2.BrH/c1-17(2,3)23-16(22)20-9-12-21(11-7-18,13-10-20)14-15-6-4-5-8-19-15;/h4-6,8H,9-14H2,1-3H3;1H/q+1;/p-1. The topological polar surface area (TPSA) is 66.2 Å². The summed E-state index contributed by atoms with van der Waals surface area (Å²) in [6.45, 7) is 9.43. The number of hydrogen-bond donors (Lipinski definition) is 0. The van der Waals surface area contributed by atoms with Crippen LogP contribution in [0.15, 0.2) is 24.4 Å². The minimum absolute atomic E-state index is 0. The Morgan fingerprint density at radius 2 is 2.04 bits per heavy atom. The molecule has 0 aliphatic carbocycles. The molecule has 1 saturated heterocycles. The van der Waals surface area contributed by atoms with Crippen LogP contribution in [0.5, 0.6) is 0 Å². The van der Waals surface area contributed by atoms with Crippen LogP contribution in [0.3, 0.4) is 0 Å². The minimum Gasteiger partial charge on any atom is -1.00 e. The number of halogens is 1. The molecule has 0 N–H and O–H groups in total. The van der Waals surface area contributed by atoms with Gasteiger partial charge in [-0.15, -0.1) is 0 Å². The molecule has 0 saturated carbocycles. The van der Waals surface area contributed by atoms with E-state index in [1.54, 1.807) is 11.1 Å². The zero-order chi connectivity index (χ0) is 16.9. The number of carbonyl (C=O) groups excluding carboxylic acids is 1. The van der Waals surface area contributed by atoms with Crippen LogP contribution in [0.1, 0.15) is 26.5 Å². The first-order valence-corrected chi connectivity index (χ1v) is 7.93. The third kappa shape index (κ3) is 5.77. The van der Waals surface area contributed by atoms with Crippen molar-refractivity contribution in [2.24, 2.45) is 0 Å². The number of pyridine rings is 1. The summed E-state index contributed by atoms with van der Waals surface area (Å²) in [4.78, 5) is 18.3. The van der Waals surface area contributed by atoms with E-state index >= 15 is 0 Å². The second-order valence-corrected chi connectivity index (χ2v) is 7.05. The van der Waals surface area contributed by atoms with Crippen LogP contribution in [0.4, 0.5) is 4.79 Å². The molecule has 1 fully saturated rings. The van der Waals surface area contributed by atoms with Crippen LogP contribution < -0.4 is 17.0 Å². The maximum absolute atomic E-state index is 12.2. The summed E-state index contributed by atoms with van der Waals surface area (Å²) < 4.78 is 6.07. The normalized spacial score (nSPS) is 16.7. The number of carbonyl (C=O) groups is 1. The Hall–Kier alpha value is -1.65. The number of piperazine rings is 1. The van der Waals surface area contributed by atoms with Gasteiger partial charge in [-0.1, -0.05) is 6.07 Å². The van der Waals surface area contributed by atoms with Gasteiger partial charge in [0.1, 0.15) is 18.2 Å². The van der Waals surface area contributed by atoms with Gasteiger partial charge in [0.2, 0.25) is 0 Å². The molecule has 0 spiro atoms. The zero-order valence-corrected chi connectivity index (χ0v) is 16.1. The van der Waals surface area contributed by atoms with Gasteiger partial charge in [0.15, 0.2) is 6.54 Å². The predicted octanol–water partition coefficient (Wildman–Crippen LogP) is -0.823. The quantitative estimate of drug-likeness (QED) is 0.494. The summed E-state index contributed by atoms with van der Waals surface area (Å²) >= 11 is 0. The second kappa shape index (κ2) is 8.45. The molecular formula is C17H25BrN4O2. The first-order chi connectivity index (χ1) is 10.8. The Bertz CT molecular complexity index is 572. The summed E-state index contributed by atoms with van der Waals surface area (Å²) in [6, 6.07) is 8.12. The van der Waals surface area contributed by atoms with Crippen molar-refractivity contribution < 1.29 is 31.0 Å². The van der Waals surface area contributed by atoms with Gasteiger partial charge in [0.05, 0.1) is 31.9 Å². The smallest absolute Gasteiger partial charge is 0.410 e. The summed E-state index contributed by atoms with van der Waals surface area (Å²) in [5, 5.41) is 9.20. The maximum Gasteiger partial charge on any atom is 0.410 e. The van der Waals surface area contributed by atoms with Crippen molar-refractivity contribution >= 4 is 6.09 Å². The molecule has 0 unspecified atom stereocenters. The fourth-order valence-corrected chi connectivity index (χ4v) is 2.76. The lowest BCUT2D eigenvalue weighted by Crippen LogP contribution is -3.00. The van der Waals surface area contributed by atoms with E-state index in [9.17, 15) is 10.1 Å². The SMILES string of the molecule is CC(C)(C)OC(=O)N1CC[N+](CC#N)(Cc2ccccn2)CC1.[Br-]. The molecule has 0 aromatic carbocycles. The highest BCUT2D eigenvalue weighted by Gasteiger charge is 2.36. The molecule has 1 aromatic rings. The first kappa shape index (κ1) is 20.4. The highest BCUT2D eigenvalue weighted by atomic mass is 79.9. The van der Waals surface area contributed by atoms with Crippen molar-refractivity contribution in [3.63, 3.8) is 0 Å². The predicted molar refractivity (Wildman–Crippen MR) is 86.2 cm³/mol. The lowest BCUT2D eigenvalue weighted by Gasteiger charge is -2.43. The number of ether oxygens (including phenoxy) is 1. The van der Waals surface area contributed by atoms with Crippen molar-refractivity contribution in [1.82, 2.24) is 9.88 Å². The van der Waals surface area contributed by atoms with Crippen molar-refractivity contribution in [2.45, 2.75) is 32.9 Å². The van der Waals surface area contributed by atoms with Crippen LogP contribution in [0, 0.1) is 11.3 Å². The third-order valence-corrected chi connectivity index (χ3v) is 3.97. The van der Waals surface area contributed by atoms with Crippen molar-refractivity contribution in [3.8, 4) is 6.07 Å². The van der Waals surface area contributed by atoms with E-state index in [0.29, 0.717) is 24.1 Å². The van der Waals surface area contributed by atoms with Crippen molar-refractivity contribution in [1.29, 1.82) is 5.26 Å². The van der Waals surface area contributed by atoms with Crippen LogP contribution in [0.25, 0.3) is 0 Å². The summed E-state index contributed by atoms with van der Waals surface area (Å²) in [6.07, 6.45) is 1.50. The monoisotopic (exact) mass is 396 g/mol. The molecule has 1 aromatic heterocycles. The largest absolute Gasteiger partial charge is 1.00 e. The van der Waals surface area contributed by atoms with Crippen LogP contribution in [-0.4, -0.2) is 58.8 Å². The average Bonchev–Trinajstić information content (AvgIpc) is 2.47. The third-order valence-electron chi connectivity index (χ3n) is 3.97. The molecule has 2 rings (SSSR count). The molecule has 7 heteroatoms. The lowest BCUT2D eigenvalue weighted by molar-refractivity contribution is -0.938. The molecular weight excluding hydrogens is 372 g/mol. The Morgan fingerprint density at radius 3 is 2.54 bits per heavy atom. The van der Waals surface area contributed by atoms with E-state index in [2.05, 4.69) is 11.1 Å². The Balaban J connectivity index is 0.00000288. The highest BCUT2D eigenvalue weighted by Crippen LogP contribution is 2.19. The van der Waals surface area contributed by atoms with Crippen molar-refractivity contribution in [2.75, 3.05) is 32.7 Å². The molecule has 24 heavy (non-hydrogen) atoms. The molecule has 1 aliphatic heterocycles. The fraction of sp³-hybridized carbons (Fsp3) is 0.588. The lowest BCUT2D eigenvalue weighted by atomic mass is 10.2. The van der Waals surface area contributed by atoms with Crippen LogP contribution >= 0.6 is 0 Å². The van der Waals surface area contributed by atoms with Gasteiger partial charge in [-0.2, -0.15) is 5.26 Å². The molecule has 6 nitrogen and oxygen atoms in total. The van der Waals surface area contributed by atoms with E-state index in [1.165, 1.54) is 0 Å². The van der Waals surface area contributed by atoms with E-state index in [1.807, 2.05) is 39.0 Å². The molecule has 1 amide bonds. The Kier molecular flexibility index (Phi) is 7.18. The summed E-state index contributed by atoms with van der Waals surface area (Å²) in [5.41, 5.74) is 0.495. The van der Waals surface area contributed by atoms with Gasteiger partial charge >= 0.3 is 6.09 Å². The minimum atomic E-state index is -0.485. The van der Waals surface area contributed by atoms with Crippen molar-refractivity contribution in [3.05, 3.63) is 30.1 Å². The molecule has 0 radical (unpaired) electrons. The van der Waals surface area contributed by atoms with Gasteiger partial charge in [0.25, 0.3) is 0 Å². The average molecular weight is 397 g/mol. The maximum atomic E-state index is 12.2. The molecule has 0 atom stereocenters. The molecule has 1 aliphatic rings. The van der Waals surface area contributed by atoms with Crippen LogP contribution in [-0.2, 0) is 11.3 Å². The number of nitrogens with zero attached hydrogens (tertiary/aromatic N) is 4. The number of quaternary nitrogens is 1. The number of rotatable bonds is 3. The number of nitriles is 1. The fourth-order valence-electron chi connectivity index (χ4n) is 2.76. The van der Waals surface area contributed by atoms with Gasteiger partial charge in [-0.05, 0) is 32.9 Å². The number of hydrogen-bond acceptors (Lipinski definition) is 4.